The molecule has 1 aliphatic heterocycles. The third-order valence-electron chi connectivity index (χ3n) is 5.96. The van der Waals surface area contributed by atoms with Gasteiger partial charge in [0.15, 0.2) is 5.69 Å². The molecule has 1 saturated heterocycles. The number of nitrogens with one attached hydrogen (secondary N) is 1. The van der Waals surface area contributed by atoms with Crippen molar-refractivity contribution in [3.8, 4) is 10.4 Å². The average molecular weight is 492 g/mol. The van der Waals surface area contributed by atoms with Gasteiger partial charge in [0.2, 0.25) is 0 Å². The predicted octanol–water partition coefficient (Wildman–Crippen LogP) is 4.26. The SMILES string of the molecule is Cc1ccc(-c2sc(C)nc2C(=O)N2CSC[C@H]2CNC(=O)c2nn(C)c3ccccc23)cc1. The Kier molecular flexibility index (Phi) is 6.14. The molecule has 34 heavy (non-hydrogen) atoms. The van der Waals surface area contributed by atoms with Crippen LogP contribution in [-0.4, -0.2) is 55.7 Å². The topological polar surface area (TPSA) is 80.1 Å². The Labute approximate surface area is 206 Å². The van der Waals surface area contributed by atoms with Gasteiger partial charge in [0, 0.05) is 24.7 Å². The molecule has 1 atom stereocenters. The van der Waals surface area contributed by atoms with Crippen LogP contribution in [0.2, 0.25) is 0 Å². The molecule has 1 fully saturated rings. The number of aryl methyl sites for hydroxylation is 3. The summed E-state index contributed by atoms with van der Waals surface area (Å²) in [6.45, 7) is 4.33. The number of fused-ring (bicyclic) bond motifs is 1. The first kappa shape index (κ1) is 22.6. The first-order valence-corrected chi connectivity index (χ1v) is 13.0. The first-order chi connectivity index (χ1) is 16.4. The Bertz CT molecular complexity index is 1380. The quantitative estimate of drug-likeness (QED) is 0.451. The third kappa shape index (κ3) is 4.21. The number of thioether (sulfide) groups is 1. The van der Waals surface area contributed by atoms with Gasteiger partial charge in [-0.05, 0) is 25.5 Å². The summed E-state index contributed by atoms with van der Waals surface area (Å²) in [6.07, 6.45) is 0. The minimum absolute atomic E-state index is 0.0903. The number of benzene rings is 2. The van der Waals surface area contributed by atoms with Crippen LogP contribution in [0.3, 0.4) is 0 Å². The van der Waals surface area contributed by atoms with E-state index in [1.165, 1.54) is 16.9 Å². The third-order valence-corrected chi connectivity index (χ3v) is 8.06. The number of nitrogens with zero attached hydrogens (tertiary/aromatic N) is 4. The van der Waals surface area contributed by atoms with E-state index in [4.69, 9.17) is 0 Å². The second-order valence-corrected chi connectivity index (χ2v) is 10.6. The molecule has 0 aliphatic carbocycles. The lowest BCUT2D eigenvalue weighted by Crippen LogP contribution is -2.44. The molecule has 174 valence electrons. The van der Waals surface area contributed by atoms with Crippen molar-refractivity contribution < 1.29 is 9.59 Å². The van der Waals surface area contributed by atoms with Crippen molar-refractivity contribution in [3.05, 3.63) is 70.5 Å². The Morgan fingerprint density at radius 1 is 1.09 bits per heavy atom. The van der Waals surface area contributed by atoms with E-state index in [0.29, 0.717) is 23.8 Å². The van der Waals surface area contributed by atoms with Crippen molar-refractivity contribution in [1.82, 2.24) is 25.0 Å². The highest BCUT2D eigenvalue weighted by Gasteiger charge is 2.33. The second-order valence-electron chi connectivity index (χ2n) is 8.40. The predicted molar refractivity (Wildman–Crippen MR) is 137 cm³/mol. The molecular formula is C25H25N5O2S2. The van der Waals surface area contributed by atoms with Crippen LogP contribution in [0.4, 0.5) is 0 Å². The Morgan fingerprint density at radius 2 is 1.85 bits per heavy atom. The molecule has 4 aromatic rings. The van der Waals surface area contributed by atoms with Gasteiger partial charge in [-0.3, -0.25) is 14.3 Å². The van der Waals surface area contributed by atoms with Gasteiger partial charge in [0.05, 0.1) is 27.3 Å². The molecule has 3 heterocycles. The molecule has 0 spiro atoms. The maximum absolute atomic E-state index is 13.6. The molecule has 7 nitrogen and oxygen atoms in total. The van der Waals surface area contributed by atoms with Crippen LogP contribution >= 0.6 is 23.1 Å². The zero-order chi connectivity index (χ0) is 23.8. The van der Waals surface area contributed by atoms with E-state index in [-0.39, 0.29) is 17.9 Å². The van der Waals surface area contributed by atoms with Crippen LogP contribution in [0.15, 0.2) is 48.5 Å². The van der Waals surface area contributed by atoms with Gasteiger partial charge in [-0.25, -0.2) is 4.98 Å². The van der Waals surface area contributed by atoms with Gasteiger partial charge in [0.1, 0.15) is 5.69 Å². The van der Waals surface area contributed by atoms with Gasteiger partial charge in [0.25, 0.3) is 11.8 Å². The van der Waals surface area contributed by atoms with Gasteiger partial charge in [-0.1, -0.05) is 48.0 Å². The van der Waals surface area contributed by atoms with Crippen LogP contribution in [0, 0.1) is 13.8 Å². The fourth-order valence-electron chi connectivity index (χ4n) is 4.16. The summed E-state index contributed by atoms with van der Waals surface area (Å²) in [5, 5.41) is 9.08. The highest BCUT2D eigenvalue weighted by Crippen LogP contribution is 2.33. The summed E-state index contributed by atoms with van der Waals surface area (Å²) in [7, 11) is 1.83. The number of amides is 2. The maximum Gasteiger partial charge on any atom is 0.275 e. The number of carbonyl (C=O) groups is 2. The number of para-hydroxylation sites is 1. The van der Waals surface area contributed by atoms with E-state index in [2.05, 4.69) is 15.4 Å². The first-order valence-electron chi connectivity index (χ1n) is 11.1. The Morgan fingerprint density at radius 3 is 2.65 bits per heavy atom. The summed E-state index contributed by atoms with van der Waals surface area (Å²) in [5.41, 5.74) is 3.96. The van der Waals surface area contributed by atoms with Crippen molar-refractivity contribution in [3.63, 3.8) is 0 Å². The molecule has 5 rings (SSSR count). The van der Waals surface area contributed by atoms with Crippen LogP contribution in [0.25, 0.3) is 21.3 Å². The van der Waals surface area contributed by atoms with Crippen molar-refractivity contribution in [2.75, 3.05) is 18.2 Å². The summed E-state index contributed by atoms with van der Waals surface area (Å²) in [5.74, 6) is 1.02. The molecule has 0 radical (unpaired) electrons. The molecular weight excluding hydrogens is 466 g/mol. The second kappa shape index (κ2) is 9.23. The lowest BCUT2D eigenvalue weighted by molar-refractivity contribution is 0.0731. The molecule has 0 unspecified atom stereocenters. The van der Waals surface area contributed by atoms with Gasteiger partial charge >= 0.3 is 0 Å². The molecule has 9 heteroatoms. The lowest BCUT2D eigenvalue weighted by Gasteiger charge is -2.23. The van der Waals surface area contributed by atoms with E-state index < -0.39 is 0 Å². The zero-order valence-electron chi connectivity index (χ0n) is 19.2. The summed E-state index contributed by atoms with van der Waals surface area (Å²) in [4.78, 5) is 33.8. The van der Waals surface area contributed by atoms with Gasteiger partial charge in [-0.15, -0.1) is 23.1 Å². The number of aromatic nitrogens is 3. The van der Waals surface area contributed by atoms with Crippen molar-refractivity contribution >= 4 is 45.8 Å². The van der Waals surface area contributed by atoms with E-state index >= 15 is 0 Å². The summed E-state index contributed by atoms with van der Waals surface area (Å²) >= 11 is 3.22. The highest BCUT2D eigenvalue weighted by molar-refractivity contribution is 7.99. The van der Waals surface area contributed by atoms with Crippen molar-refractivity contribution in [2.24, 2.45) is 7.05 Å². The van der Waals surface area contributed by atoms with E-state index in [9.17, 15) is 9.59 Å². The minimum atomic E-state index is -0.231. The minimum Gasteiger partial charge on any atom is -0.349 e. The lowest BCUT2D eigenvalue weighted by atomic mass is 10.1. The fourth-order valence-corrected chi connectivity index (χ4v) is 6.28. The smallest absolute Gasteiger partial charge is 0.275 e. The summed E-state index contributed by atoms with van der Waals surface area (Å²) in [6, 6.07) is 15.7. The Hall–Kier alpha value is -3.17. The van der Waals surface area contributed by atoms with Gasteiger partial charge < -0.3 is 10.2 Å². The normalized spacial score (nSPS) is 15.7. The zero-order valence-corrected chi connectivity index (χ0v) is 20.9. The number of carbonyl (C=O) groups excluding carboxylic acids is 2. The van der Waals surface area contributed by atoms with E-state index in [1.807, 2.05) is 74.3 Å². The fraction of sp³-hybridized carbons (Fsp3) is 0.280. The van der Waals surface area contributed by atoms with Crippen molar-refractivity contribution in [1.29, 1.82) is 0 Å². The van der Waals surface area contributed by atoms with E-state index in [1.54, 1.807) is 16.4 Å². The molecule has 2 aromatic carbocycles. The molecule has 2 aromatic heterocycles. The number of hydrogen-bond acceptors (Lipinski definition) is 6. The molecule has 2 amide bonds. The van der Waals surface area contributed by atoms with Crippen LogP contribution in [0.5, 0.6) is 0 Å². The summed E-state index contributed by atoms with van der Waals surface area (Å²) < 4.78 is 1.71. The number of rotatable bonds is 5. The van der Waals surface area contributed by atoms with Crippen molar-refractivity contribution in [2.45, 2.75) is 19.9 Å². The van der Waals surface area contributed by atoms with E-state index in [0.717, 1.165) is 32.1 Å². The monoisotopic (exact) mass is 491 g/mol. The van der Waals surface area contributed by atoms with Crippen LogP contribution in [-0.2, 0) is 7.05 Å². The Balaban J connectivity index is 1.33. The van der Waals surface area contributed by atoms with Crippen LogP contribution < -0.4 is 5.32 Å². The number of thiazole rings is 1. The molecule has 1 N–H and O–H groups in total. The highest BCUT2D eigenvalue weighted by atomic mass is 32.2. The largest absolute Gasteiger partial charge is 0.349 e. The molecule has 0 saturated carbocycles. The maximum atomic E-state index is 13.6. The standard InChI is InChI=1S/C25H25N5O2S2/c1-15-8-10-17(11-9-15)23-22(27-16(2)34-23)25(32)30-14-33-13-18(30)12-26-24(31)21-19-6-4-5-7-20(19)29(3)28-21/h4-11,18H,12-14H2,1-3H3,(H,26,31)/t18-/m1/s1. The number of hydrogen-bond donors (Lipinski definition) is 1. The van der Waals surface area contributed by atoms with Gasteiger partial charge in [-0.2, -0.15) is 5.10 Å². The average Bonchev–Trinajstić information content (AvgIpc) is 3.55. The molecule has 0 bridgehead atoms. The molecule has 1 aliphatic rings. The van der Waals surface area contributed by atoms with Crippen LogP contribution in [0.1, 0.15) is 31.5 Å².